The van der Waals surface area contributed by atoms with Gasteiger partial charge in [0, 0.05) is 11.0 Å². The highest BCUT2D eigenvalue weighted by atomic mass is 79.9. The molecule has 0 bridgehead atoms. The van der Waals surface area contributed by atoms with E-state index in [9.17, 15) is 4.79 Å². The maximum absolute atomic E-state index is 12.3. The molecule has 1 amide bonds. The molecule has 100 valence electrons. The zero-order chi connectivity index (χ0) is 13.9. The molecule has 0 aliphatic rings. The zero-order valence-corrected chi connectivity index (χ0v) is 13.0. The van der Waals surface area contributed by atoms with Crippen molar-refractivity contribution in [1.82, 2.24) is 5.32 Å². The Labute approximate surface area is 117 Å². The molecule has 3 N–H and O–H groups in total. The second-order valence-electron chi connectivity index (χ2n) is 5.21. The number of aryl methyl sites for hydroxylation is 1. The van der Waals surface area contributed by atoms with E-state index in [-0.39, 0.29) is 17.4 Å². The molecule has 1 atom stereocenters. The Hall–Kier alpha value is -0.870. The lowest BCUT2D eigenvalue weighted by atomic mass is 9.88. The fourth-order valence-electron chi connectivity index (χ4n) is 1.56. The van der Waals surface area contributed by atoms with Gasteiger partial charge in [-0.1, -0.05) is 19.9 Å². The Morgan fingerprint density at radius 1 is 1.50 bits per heavy atom. The molecule has 18 heavy (non-hydrogen) atoms. The topological polar surface area (TPSA) is 55.1 Å². The van der Waals surface area contributed by atoms with Crippen molar-refractivity contribution in [2.45, 2.75) is 33.2 Å². The molecule has 0 aliphatic carbocycles. The second-order valence-corrected chi connectivity index (χ2v) is 6.07. The molecular formula is C14H21BrN2O. The summed E-state index contributed by atoms with van der Waals surface area (Å²) in [5.74, 6) is 0.180. The third kappa shape index (κ3) is 3.33. The molecule has 0 radical (unpaired) electrons. The Morgan fingerprint density at radius 2 is 2.11 bits per heavy atom. The van der Waals surface area contributed by atoms with Gasteiger partial charge in [0.2, 0.25) is 0 Å². The predicted octanol–water partition coefficient (Wildman–Crippen LogP) is 2.86. The summed E-state index contributed by atoms with van der Waals surface area (Å²) in [7, 11) is 0. The van der Waals surface area contributed by atoms with Crippen molar-refractivity contribution in [2.75, 3.05) is 6.54 Å². The molecule has 1 unspecified atom stereocenters. The van der Waals surface area contributed by atoms with Crippen LogP contribution in [0.25, 0.3) is 0 Å². The van der Waals surface area contributed by atoms with Gasteiger partial charge in [-0.05, 0) is 53.4 Å². The van der Waals surface area contributed by atoms with Crippen LogP contribution in [0.3, 0.4) is 0 Å². The van der Waals surface area contributed by atoms with E-state index >= 15 is 0 Å². The summed E-state index contributed by atoms with van der Waals surface area (Å²) < 4.78 is 0.808. The van der Waals surface area contributed by atoms with Crippen LogP contribution in [-0.2, 0) is 0 Å². The van der Waals surface area contributed by atoms with Crippen LogP contribution in [0.5, 0.6) is 0 Å². The first kappa shape index (κ1) is 15.2. The van der Waals surface area contributed by atoms with Crippen molar-refractivity contribution < 1.29 is 4.79 Å². The number of nitrogens with one attached hydrogen (secondary N) is 1. The van der Waals surface area contributed by atoms with Gasteiger partial charge in [0.1, 0.15) is 0 Å². The lowest BCUT2D eigenvalue weighted by molar-refractivity contribution is 0.0882. The molecule has 0 heterocycles. The summed E-state index contributed by atoms with van der Waals surface area (Å²) in [4.78, 5) is 12.3. The SMILES string of the molecule is Cc1ccc(C(=O)NC(C)(CN)C(C)C)c(Br)c1. The number of carbonyl (C=O) groups is 1. The number of carbonyl (C=O) groups excluding carboxylic acids is 1. The molecular weight excluding hydrogens is 292 g/mol. The number of rotatable bonds is 4. The molecule has 1 rings (SSSR count). The van der Waals surface area contributed by atoms with Gasteiger partial charge in [0.15, 0.2) is 0 Å². The minimum absolute atomic E-state index is 0.0940. The van der Waals surface area contributed by atoms with E-state index in [1.165, 1.54) is 0 Å². The average molecular weight is 313 g/mol. The average Bonchev–Trinajstić information content (AvgIpc) is 2.28. The van der Waals surface area contributed by atoms with Crippen LogP contribution in [0, 0.1) is 12.8 Å². The summed E-state index contributed by atoms with van der Waals surface area (Å²) in [5, 5.41) is 3.03. The van der Waals surface area contributed by atoms with Gasteiger partial charge in [-0.3, -0.25) is 4.79 Å². The van der Waals surface area contributed by atoms with Gasteiger partial charge in [-0.25, -0.2) is 0 Å². The van der Waals surface area contributed by atoms with Crippen LogP contribution in [0.1, 0.15) is 36.7 Å². The standard InChI is InChI=1S/C14H21BrN2O/c1-9(2)14(4,8-16)17-13(18)11-6-5-10(3)7-12(11)15/h5-7,9H,8,16H2,1-4H3,(H,17,18). The van der Waals surface area contributed by atoms with Crippen LogP contribution >= 0.6 is 15.9 Å². The van der Waals surface area contributed by atoms with Gasteiger partial charge in [0.05, 0.1) is 11.1 Å². The van der Waals surface area contributed by atoms with Crippen LogP contribution in [0.4, 0.5) is 0 Å². The van der Waals surface area contributed by atoms with Crippen molar-refractivity contribution in [3.05, 3.63) is 33.8 Å². The summed E-state index contributed by atoms with van der Waals surface area (Å²) in [6.07, 6.45) is 0. The summed E-state index contributed by atoms with van der Waals surface area (Å²) in [5.41, 5.74) is 7.14. The summed E-state index contributed by atoms with van der Waals surface area (Å²) >= 11 is 3.42. The van der Waals surface area contributed by atoms with E-state index in [2.05, 4.69) is 35.1 Å². The molecule has 0 saturated carbocycles. The monoisotopic (exact) mass is 312 g/mol. The van der Waals surface area contributed by atoms with E-state index in [0.29, 0.717) is 12.1 Å². The Bertz CT molecular complexity index is 445. The smallest absolute Gasteiger partial charge is 0.252 e. The van der Waals surface area contributed by atoms with Crippen molar-refractivity contribution in [3.8, 4) is 0 Å². The molecule has 0 aliphatic heterocycles. The summed E-state index contributed by atoms with van der Waals surface area (Å²) in [6.45, 7) is 8.48. The molecule has 0 spiro atoms. The van der Waals surface area contributed by atoms with Gasteiger partial charge >= 0.3 is 0 Å². The highest BCUT2D eigenvalue weighted by molar-refractivity contribution is 9.10. The second kappa shape index (κ2) is 5.85. The minimum atomic E-state index is -0.387. The predicted molar refractivity (Wildman–Crippen MR) is 78.6 cm³/mol. The third-order valence-corrected chi connectivity index (χ3v) is 4.12. The maximum Gasteiger partial charge on any atom is 0.252 e. The van der Waals surface area contributed by atoms with Crippen LogP contribution < -0.4 is 11.1 Å². The molecule has 0 fully saturated rings. The number of halogens is 1. The van der Waals surface area contributed by atoms with Crippen LogP contribution in [0.15, 0.2) is 22.7 Å². The maximum atomic E-state index is 12.3. The highest BCUT2D eigenvalue weighted by Gasteiger charge is 2.29. The molecule has 0 aromatic heterocycles. The number of benzene rings is 1. The quantitative estimate of drug-likeness (QED) is 0.898. The molecule has 0 saturated heterocycles. The minimum Gasteiger partial charge on any atom is -0.345 e. The third-order valence-electron chi connectivity index (χ3n) is 3.47. The lowest BCUT2D eigenvalue weighted by Crippen LogP contribution is -2.55. The van der Waals surface area contributed by atoms with E-state index < -0.39 is 0 Å². The normalized spacial score (nSPS) is 14.4. The number of amides is 1. The first-order valence-corrected chi connectivity index (χ1v) is 6.88. The fraction of sp³-hybridized carbons (Fsp3) is 0.500. The Kier molecular flexibility index (Phi) is 4.93. The first-order valence-electron chi connectivity index (χ1n) is 6.09. The van der Waals surface area contributed by atoms with Crippen molar-refractivity contribution >= 4 is 21.8 Å². The van der Waals surface area contributed by atoms with Gasteiger partial charge < -0.3 is 11.1 Å². The molecule has 1 aromatic rings. The zero-order valence-electron chi connectivity index (χ0n) is 11.4. The first-order chi connectivity index (χ1) is 8.30. The largest absolute Gasteiger partial charge is 0.345 e. The molecule has 1 aromatic carbocycles. The van der Waals surface area contributed by atoms with E-state index in [1.54, 1.807) is 0 Å². The fourth-order valence-corrected chi connectivity index (χ4v) is 2.24. The van der Waals surface area contributed by atoms with E-state index in [0.717, 1.165) is 10.0 Å². The van der Waals surface area contributed by atoms with Crippen LogP contribution in [-0.4, -0.2) is 18.0 Å². The van der Waals surface area contributed by atoms with Crippen molar-refractivity contribution in [2.24, 2.45) is 11.7 Å². The van der Waals surface area contributed by atoms with E-state index in [1.807, 2.05) is 32.0 Å². The summed E-state index contributed by atoms with van der Waals surface area (Å²) in [6, 6.07) is 5.69. The van der Waals surface area contributed by atoms with Gasteiger partial charge in [-0.15, -0.1) is 0 Å². The molecule has 4 heteroatoms. The van der Waals surface area contributed by atoms with Gasteiger partial charge in [-0.2, -0.15) is 0 Å². The van der Waals surface area contributed by atoms with Crippen molar-refractivity contribution in [3.63, 3.8) is 0 Å². The van der Waals surface area contributed by atoms with Crippen molar-refractivity contribution in [1.29, 1.82) is 0 Å². The number of nitrogens with two attached hydrogens (primary N) is 1. The lowest BCUT2D eigenvalue weighted by Gasteiger charge is -2.33. The van der Waals surface area contributed by atoms with Gasteiger partial charge in [0.25, 0.3) is 5.91 Å². The Balaban J connectivity index is 2.95. The number of hydrogen-bond acceptors (Lipinski definition) is 2. The highest BCUT2D eigenvalue weighted by Crippen LogP contribution is 2.21. The molecule has 3 nitrogen and oxygen atoms in total. The Morgan fingerprint density at radius 3 is 2.56 bits per heavy atom. The van der Waals surface area contributed by atoms with E-state index in [4.69, 9.17) is 5.73 Å². The van der Waals surface area contributed by atoms with Crippen LogP contribution in [0.2, 0.25) is 0 Å². The number of hydrogen-bond donors (Lipinski definition) is 2.